The smallest absolute Gasteiger partial charge is 0.0681 e. The molecule has 112 valence electrons. The minimum atomic E-state index is -0.132. The molecule has 1 aliphatic carbocycles. The molecule has 1 aliphatic heterocycles. The molecule has 2 unspecified atom stereocenters. The summed E-state index contributed by atoms with van der Waals surface area (Å²) in [5.41, 5.74) is 8.01. The van der Waals surface area contributed by atoms with Crippen molar-refractivity contribution in [3.05, 3.63) is 21.4 Å². The lowest BCUT2D eigenvalue weighted by atomic mass is 9.81. The fourth-order valence-corrected chi connectivity index (χ4v) is 5.36. The van der Waals surface area contributed by atoms with E-state index in [0.717, 1.165) is 6.42 Å². The Balaban J connectivity index is 1.85. The first-order valence-electron chi connectivity index (χ1n) is 7.86. The molecule has 3 rings (SSSR count). The van der Waals surface area contributed by atoms with Gasteiger partial charge in [-0.05, 0) is 71.4 Å². The molecule has 20 heavy (non-hydrogen) atoms. The highest BCUT2D eigenvalue weighted by Gasteiger charge is 2.48. The van der Waals surface area contributed by atoms with Crippen molar-refractivity contribution in [3.63, 3.8) is 0 Å². The Bertz CT molecular complexity index is 480. The molecule has 0 amide bonds. The Morgan fingerprint density at radius 2 is 1.95 bits per heavy atom. The fourth-order valence-electron chi connectivity index (χ4n) is 4.04. The number of fused-ring (bicyclic) bond motifs is 1. The maximum atomic E-state index is 6.64. The van der Waals surface area contributed by atoms with Crippen LogP contribution in [0.4, 0.5) is 0 Å². The molecule has 0 saturated carbocycles. The molecule has 1 aromatic heterocycles. The van der Waals surface area contributed by atoms with Crippen LogP contribution in [-0.4, -0.2) is 11.2 Å². The average molecular weight is 293 g/mol. The first kappa shape index (κ1) is 14.6. The SMILES string of the molecule is CC1(C)CC(C(N)c2cc3c(s2)CCCC3)C(C)(C)O1. The number of hydrogen-bond acceptors (Lipinski definition) is 3. The van der Waals surface area contributed by atoms with Crippen molar-refractivity contribution in [3.8, 4) is 0 Å². The van der Waals surface area contributed by atoms with E-state index in [2.05, 4.69) is 33.8 Å². The van der Waals surface area contributed by atoms with Gasteiger partial charge in [0.1, 0.15) is 0 Å². The summed E-state index contributed by atoms with van der Waals surface area (Å²) in [6, 6.07) is 2.49. The maximum Gasteiger partial charge on any atom is 0.0681 e. The summed E-state index contributed by atoms with van der Waals surface area (Å²) in [4.78, 5) is 2.95. The van der Waals surface area contributed by atoms with E-state index in [1.54, 1.807) is 10.4 Å². The van der Waals surface area contributed by atoms with Crippen molar-refractivity contribution in [1.82, 2.24) is 0 Å². The summed E-state index contributed by atoms with van der Waals surface area (Å²) in [6.45, 7) is 8.75. The molecule has 1 saturated heterocycles. The van der Waals surface area contributed by atoms with Crippen molar-refractivity contribution in [2.24, 2.45) is 11.7 Å². The topological polar surface area (TPSA) is 35.2 Å². The zero-order valence-electron chi connectivity index (χ0n) is 13.2. The van der Waals surface area contributed by atoms with Gasteiger partial charge in [0.15, 0.2) is 0 Å². The summed E-state index contributed by atoms with van der Waals surface area (Å²) in [6.07, 6.45) is 6.22. The Morgan fingerprint density at radius 1 is 1.25 bits per heavy atom. The van der Waals surface area contributed by atoms with Gasteiger partial charge in [-0.15, -0.1) is 11.3 Å². The van der Waals surface area contributed by atoms with Gasteiger partial charge in [0.05, 0.1) is 11.2 Å². The van der Waals surface area contributed by atoms with Crippen molar-refractivity contribution >= 4 is 11.3 Å². The second kappa shape index (κ2) is 4.82. The minimum Gasteiger partial charge on any atom is -0.369 e. The summed E-state index contributed by atoms with van der Waals surface area (Å²) in [7, 11) is 0. The van der Waals surface area contributed by atoms with E-state index in [1.807, 2.05) is 11.3 Å². The monoisotopic (exact) mass is 293 g/mol. The summed E-state index contributed by atoms with van der Waals surface area (Å²) in [5.74, 6) is 0.401. The normalized spacial score (nSPS) is 29.1. The van der Waals surface area contributed by atoms with E-state index in [9.17, 15) is 0 Å². The molecule has 1 aromatic rings. The van der Waals surface area contributed by atoms with Crippen LogP contribution in [0.2, 0.25) is 0 Å². The highest BCUT2D eigenvalue weighted by molar-refractivity contribution is 7.12. The van der Waals surface area contributed by atoms with Crippen LogP contribution >= 0.6 is 11.3 Å². The van der Waals surface area contributed by atoms with Gasteiger partial charge < -0.3 is 10.5 Å². The number of ether oxygens (including phenoxy) is 1. The Labute approximate surface area is 126 Å². The summed E-state index contributed by atoms with van der Waals surface area (Å²) < 4.78 is 6.22. The lowest BCUT2D eigenvalue weighted by Crippen LogP contribution is -2.35. The number of nitrogens with two attached hydrogens (primary N) is 1. The van der Waals surface area contributed by atoms with Gasteiger partial charge in [-0.1, -0.05) is 0 Å². The van der Waals surface area contributed by atoms with Gasteiger partial charge in [-0.2, -0.15) is 0 Å². The number of thiophene rings is 1. The molecule has 2 heterocycles. The first-order chi connectivity index (χ1) is 9.28. The average Bonchev–Trinajstić information content (AvgIpc) is 2.85. The highest BCUT2D eigenvalue weighted by atomic mass is 32.1. The predicted molar refractivity (Wildman–Crippen MR) is 85.2 cm³/mol. The number of rotatable bonds is 2. The molecule has 0 bridgehead atoms. The predicted octanol–water partition coefficient (Wildman–Crippen LogP) is 4.22. The van der Waals surface area contributed by atoms with E-state index >= 15 is 0 Å². The van der Waals surface area contributed by atoms with Crippen LogP contribution in [0.5, 0.6) is 0 Å². The van der Waals surface area contributed by atoms with Crippen LogP contribution in [0.25, 0.3) is 0 Å². The zero-order chi connectivity index (χ0) is 14.5. The van der Waals surface area contributed by atoms with Gasteiger partial charge in [-0.3, -0.25) is 0 Å². The molecule has 2 nitrogen and oxygen atoms in total. The second-order valence-electron chi connectivity index (χ2n) is 7.61. The van der Waals surface area contributed by atoms with E-state index in [-0.39, 0.29) is 17.2 Å². The Morgan fingerprint density at radius 3 is 2.55 bits per heavy atom. The molecule has 3 heteroatoms. The molecule has 2 N–H and O–H groups in total. The Kier molecular flexibility index (Phi) is 3.51. The molecule has 2 aliphatic rings. The first-order valence-corrected chi connectivity index (χ1v) is 8.67. The molecule has 0 radical (unpaired) electrons. The highest BCUT2D eigenvalue weighted by Crippen LogP contribution is 2.48. The molecule has 1 fully saturated rings. The number of aryl methyl sites for hydroxylation is 2. The molecular weight excluding hydrogens is 266 g/mol. The van der Waals surface area contributed by atoms with Crippen molar-refractivity contribution in [1.29, 1.82) is 0 Å². The molecule has 0 spiro atoms. The third-order valence-corrected chi connectivity index (χ3v) is 6.26. The van der Waals surface area contributed by atoms with E-state index < -0.39 is 0 Å². The van der Waals surface area contributed by atoms with Crippen LogP contribution in [0.15, 0.2) is 6.07 Å². The standard InChI is InChI=1S/C17H27NOS/c1-16(2)10-12(17(3,4)19-16)15(18)14-9-11-7-5-6-8-13(11)20-14/h9,12,15H,5-8,10,18H2,1-4H3. The van der Waals surface area contributed by atoms with Gasteiger partial charge in [0.2, 0.25) is 0 Å². The van der Waals surface area contributed by atoms with Gasteiger partial charge in [0.25, 0.3) is 0 Å². The second-order valence-corrected chi connectivity index (χ2v) is 8.77. The van der Waals surface area contributed by atoms with E-state index in [4.69, 9.17) is 10.5 Å². The van der Waals surface area contributed by atoms with E-state index in [1.165, 1.54) is 30.6 Å². The maximum absolute atomic E-state index is 6.64. The van der Waals surface area contributed by atoms with E-state index in [0.29, 0.717) is 5.92 Å². The quantitative estimate of drug-likeness (QED) is 0.886. The lowest BCUT2D eigenvalue weighted by Gasteiger charge is -2.30. The van der Waals surface area contributed by atoms with Crippen LogP contribution < -0.4 is 5.73 Å². The van der Waals surface area contributed by atoms with Crippen LogP contribution in [0.1, 0.15) is 68.3 Å². The van der Waals surface area contributed by atoms with Crippen molar-refractivity contribution in [2.45, 2.75) is 77.0 Å². The molecule has 2 atom stereocenters. The Hall–Kier alpha value is -0.380. The van der Waals surface area contributed by atoms with Crippen molar-refractivity contribution < 1.29 is 4.74 Å². The minimum absolute atomic E-state index is 0.0529. The van der Waals surface area contributed by atoms with Crippen LogP contribution in [-0.2, 0) is 17.6 Å². The fraction of sp³-hybridized carbons (Fsp3) is 0.765. The third kappa shape index (κ3) is 2.56. The van der Waals surface area contributed by atoms with Gasteiger partial charge in [0, 0.05) is 21.7 Å². The molecule has 0 aromatic carbocycles. The summed E-state index contributed by atoms with van der Waals surface area (Å²) in [5, 5.41) is 0. The third-order valence-electron chi connectivity index (χ3n) is 4.92. The van der Waals surface area contributed by atoms with Crippen molar-refractivity contribution in [2.75, 3.05) is 0 Å². The lowest BCUT2D eigenvalue weighted by molar-refractivity contribution is -0.0766. The summed E-state index contributed by atoms with van der Waals surface area (Å²) >= 11 is 1.95. The number of hydrogen-bond donors (Lipinski definition) is 1. The van der Waals surface area contributed by atoms with Crippen LogP contribution in [0, 0.1) is 5.92 Å². The van der Waals surface area contributed by atoms with Crippen LogP contribution in [0.3, 0.4) is 0 Å². The molecular formula is C17H27NOS. The van der Waals surface area contributed by atoms with Gasteiger partial charge in [-0.25, -0.2) is 0 Å². The zero-order valence-corrected chi connectivity index (χ0v) is 14.0. The van der Waals surface area contributed by atoms with Gasteiger partial charge >= 0.3 is 0 Å². The largest absolute Gasteiger partial charge is 0.369 e.